The Balaban J connectivity index is 2.45. The van der Waals surface area contributed by atoms with Gasteiger partial charge in [0.25, 0.3) is 0 Å². The molecule has 0 aromatic heterocycles. The number of rotatable bonds is 8. The van der Waals surface area contributed by atoms with Gasteiger partial charge in [-0.25, -0.2) is 8.78 Å². The predicted molar refractivity (Wildman–Crippen MR) is 76.1 cm³/mol. The number of benzene rings is 1. The van der Waals surface area contributed by atoms with Crippen molar-refractivity contribution in [1.29, 1.82) is 0 Å². The van der Waals surface area contributed by atoms with Crippen molar-refractivity contribution in [2.75, 3.05) is 0 Å². The molecule has 0 aliphatic carbocycles. The lowest BCUT2D eigenvalue weighted by Gasteiger charge is -2.21. The van der Waals surface area contributed by atoms with E-state index < -0.39 is 11.6 Å². The fourth-order valence-electron chi connectivity index (χ4n) is 2.33. The molecule has 108 valence electrons. The average Bonchev–Trinajstić information content (AvgIpc) is 2.38. The van der Waals surface area contributed by atoms with E-state index >= 15 is 0 Å². The summed E-state index contributed by atoms with van der Waals surface area (Å²) in [6, 6.07) is 4.49. The molecule has 2 unspecified atom stereocenters. The average molecular weight is 269 g/mol. The van der Waals surface area contributed by atoms with E-state index in [1.165, 1.54) is 25.7 Å². The fraction of sp³-hybridized carbons (Fsp3) is 0.625. The summed E-state index contributed by atoms with van der Waals surface area (Å²) in [5.74, 6) is -1.51. The van der Waals surface area contributed by atoms with Gasteiger partial charge in [-0.15, -0.1) is 0 Å². The van der Waals surface area contributed by atoms with Crippen molar-refractivity contribution in [3.05, 3.63) is 35.4 Å². The molecule has 0 amide bonds. The summed E-state index contributed by atoms with van der Waals surface area (Å²) in [4.78, 5) is 0. The summed E-state index contributed by atoms with van der Waals surface area (Å²) in [6.07, 6.45) is 5.99. The topological polar surface area (TPSA) is 12.0 Å². The summed E-state index contributed by atoms with van der Waals surface area (Å²) in [5.41, 5.74) is 0.403. The van der Waals surface area contributed by atoms with Crippen molar-refractivity contribution in [2.24, 2.45) is 0 Å². The first kappa shape index (κ1) is 16.1. The van der Waals surface area contributed by atoms with Crippen LogP contribution in [0.4, 0.5) is 8.78 Å². The zero-order valence-corrected chi connectivity index (χ0v) is 12.2. The molecule has 1 aromatic carbocycles. The second kappa shape index (κ2) is 8.26. The molecule has 0 saturated heterocycles. The largest absolute Gasteiger partial charge is 0.308 e. The minimum atomic E-state index is -0.776. The molecular formula is C16H25F2N. The first-order valence-electron chi connectivity index (χ1n) is 7.26. The highest BCUT2D eigenvalue weighted by atomic mass is 19.2. The van der Waals surface area contributed by atoms with E-state index in [1.54, 1.807) is 12.1 Å². The van der Waals surface area contributed by atoms with Crippen molar-refractivity contribution in [1.82, 2.24) is 5.32 Å². The maximum absolute atomic E-state index is 13.6. The molecule has 3 heteroatoms. The van der Waals surface area contributed by atoms with Gasteiger partial charge in [-0.05, 0) is 26.3 Å². The van der Waals surface area contributed by atoms with Gasteiger partial charge in [0, 0.05) is 17.6 Å². The van der Waals surface area contributed by atoms with Crippen LogP contribution >= 0.6 is 0 Å². The van der Waals surface area contributed by atoms with Gasteiger partial charge in [-0.1, -0.05) is 44.7 Å². The zero-order valence-electron chi connectivity index (χ0n) is 12.2. The standard InChI is InChI=1S/C16H25F2N/c1-4-5-6-7-9-12(2)19-13(3)14-10-8-11-15(17)16(14)18/h8,10-13,19H,4-7,9H2,1-3H3. The summed E-state index contributed by atoms with van der Waals surface area (Å²) >= 11 is 0. The Kier molecular flexibility index (Phi) is 7.00. The van der Waals surface area contributed by atoms with E-state index in [4.69, 9.17) is 0 Å². The minimum Gasteiger partial charge on any atom is -0.308 e. The van der Waals surface area contributed by atoms with Crippen molar-refractivity contribution in [2.45, 2.75) is 65.0 Å². The molecule has 0 aliphatic heterocycles. The molecule has 0 saturated carbocycles. The molecule has 0 bridgehead atoms. The summed E-state index contributed by atoms with van der Waals surface area (Å²) in [6.45, 7) is 6.16. The highest BCUT2D eigenvalue weighted by Gasteiger charge is 2.15. The van der Waals surface area contributed by atoms with Crippen molar-refractivity contribution >= 4 is 0 Å². The van der Waals surface area contributed by atoms with E-state index in [9.17, 15) is 8.78 Å². The van der Waals surface area contributed by atoms with Crippen LogP contribution in [0.25, 0.3) is 0 Å². The highest BCUT2D eigenvalue weighted by molar-refractivity contribution is 5.22. The Labute approximate surface area is 115 Å². The van der Waals surface area contributed by atoms with Gasteiger partial charge in [0.1, 0.15) is 0 Å². The molecule has 0 heterocycles. The second-order valence-electron chi connectivity index (χ2n) is 5.28. The van der Waals surface area contributed by atoms with E-state index in [2.05, 4.69) is 19.2 Å². The van der Waals surface area contributed by atoms with Gasteiger partial charge in [-0.3, -0.25) is 0 Å². The van der Waals surface area contributed by atoms with Crippen LogP contribution in [0.2, 0.25) is 0 Å². The van der Waals surface area contributed by atoms with E-state index in [0.29, 0.717) is 11.6 Å². The first-order valence-corrected chi connectivity index (χ1v) is 7.26. The van der Waals surface area contributed by atoms with Crippen LogP contribution in [0.15, 0.2) is 18.2 Å². The predicted octanol–water partition coefficient (Wildman–Crippen LogP) is 4.97. The fourth-order valence-corrected chi connectivity index (χ4v) is 2.33. The highest BCUT2D eigenvalue weighted by Crippen LogP contribution is 2.20. The number of nitrogens with one attached hydrogen (secondary N) is 1. The number of hydrogen-bond acceptors (Lipinski definition) is 1. The number of hydrogen-bond donors (Lipinski definition) is 1. The summed E-state index contributed by atoms with van der Waals surface area (Å²) < 4.78 is 26.8. The van der Waals surface area contributed by atoms with Crippen LogP contribution in [0.5, 0.6) is 0 Å². The van der Waals surface area contributed by atoms with Gasteiger partial charge in [-0.2, -0.15) is 0 Å². The molecular weight excluding hydrogens is 244 g/mol. The summed E-state index contributed by atoms with van der Waals surface area (Å²) in [5, 5.41) is 3.33. The Morgan fingerprint density at radius 1 is 1.11 bits per heavy atom. The maximum atomic E-state index is 13.6. The summed E-state index contributed by atoms with van der Waals surface area (Å²) in [7, 11) is 0. The van der Waals surface area contributed by atoms with Gasteiger partial charge in [0.05, 0.1) is 0 Å². The Morgan fingerprint density at radius 3 is 2.53 bits per heavy atom. The lowest BCUT2D eigenvalue weighted by Crippen LogP contribution is -2.29. The third kappa shape index (κ3) is 5.27. The lowest BCUT2D eigenvalue weighted by atomic mass is 10.0. The monoisotopic (exact) mass is 269 g/mol. The first-order chi connectivity index (χ1) is 9.06. The lowest BCUT2D eigenvalue weighted by molar-refractivity contribution is 0.418. The van der Waals surface area contributed by atoms with Gasteiger partial charge >= 0.3 is 0 Å². The molecule has 1 aromatic rings. The smallest absolute Gasteiger partial charge is 0.163 e. The molecule has 1 nitrogen and oxygen atoms in total. The normalized spacial score (nSPS) is 14.4. The third-order valence-electron chi connectivity index (χ3n) is 3.47. The molecule has 0 aliphatic rings. The van der Waals surface area contributed by atoms with Crippen LogP contribution < -0.4 is 5.32 Å². The molecule has 1 N–H and O–H groups in total. The number of unbranched alkanes of at least 4 members (excludes halogenated alkanes) is 3. The molecule has 1 rings (SSSR count). The zero-order chi connectivity index (χ0) is 14.3. The minimum absolute atomic E-state index is 0.170. The Morgan fingerprint density at radius 2 is 1.84 bits per heavy atom. The molecule has 0 fully saturated rings. The quantitative estimate of drug-likeness (QED) is 0.657. The third-order valence-corrected chi connectivity index (χ3v) is 3.47. The van der Waals surface area contributed by atoms with Crippen LogP contribution in [-0.4, -0.2) is 6.04 Å². The van der Waals surface area contributed by atoms with Crippen LogP contribution in [0, 0.1) is 11.6 Å². The van der Waals surface area contributed by atoms with Crippen LogP contribution in [-0.2, 0) is 0 Å². The van der Waals surface area contributed by atoms with Gasteiger partial charge in [0.2, 0.25) is 0 Å². The molecule has 19 heavy (non-hydrogen) atoms. The SMILES string of the molecule is CCCCCCC(C)NC(C)c1cccc(F)c1F. The van der Waals surface area contributed by atoms with E-state index in [1.807, 2.05) is 6.92 Å². The van der Waals surface area contributed by atoms with E-state index in [-0.39, 0.29) is 6.04 Å². The van der Waals surface area contributed by atoms with Crippen LogP contribution in [0.1, 0.15) is 64.5 Å². The van der Waals surface area contributed by atoms with Gasteiger partial charge < -0.3 is 5.32 Å². The Hall–Kier alpha value is -0.960. The maximum Gasteiger partial charge on any atom is 0.163 e. The second-order valence-corrected chi connectivity index (χ2v) is 5.28. The Bertz CT molecular complexity index is 379. The van der Waals surface area contributed by atoms with Crippen molar-refractivity contribution < 1.29 is 8.78 Å². The molecule has 0 spiro atoms. The van der Waals surface area contributed by atoms with Crippen molar-refractivity contribution in [3.8, 4) is 0 Å². The number of halogens is 2. The molecule has 0 radical (unpaired) electrons. The van der Waals surface area contributed by atoms with Crippen LogP contribution in [0.3, 0.4) is 0 Å². The van der Waals surface area contributed by atoms with Crippen molar-refractivity contribution in [3.63, 3.8) is 0 Å². The van der Waals surface area contributed by atoms with E-state index in [0.717, 1.165) is 12.5 Å². The van der Waals surface area contributed by atoms with Gasteiger partial charge in [0.15, 0.2) is 11.6 Å². The molecule has 2 atom stereocenters.